The van der Waals surface area contributed by atoms with Crippen molar-refractivity contribution in [3.05, 3.63) is 107 Å². The van der Waals surface area contributed by atoms with Gasteiger partial charge in [-0.05, 0) is 98.2 Å². The third-order valence-corrected chi connectivity index (χ3v) is 15.2. The molecule has 4 aliphatic heterocycles. The summed E-state index contributed by atoms with van der Waals surface area (Å²) >= 11 is 0. The molecule has 3 N–H and O–H groups in total. The SMILES string of the molecule is C[C@@H](N[C@@H]1CS(=O)(=O)C[C@H]1C(=O)N1CCC[C@@H](Cc2ccc(F)cc2)C1)c1ccccc1.N[C@@H]1CS(=O)(=O)C[C@H]1C(=O)N1CCC[C@@H](Cc2ccc(F)cc2)C1. The lowest BCUT2D eigenvalue weighted by Gasteiger charge is -2.35. The van der Waals surface area contributed by atoms with E-state index in [2.05, 4.69) is 5.32 Å². The minimum Gasteiger partial charge on any atom is -0.342 e. The summed E-state index contributed by atoms with van der Waals surface area (Å²) in [5.41, 5.74) is 9.05. The molecule has 10 nitrogen and oxygen atoms in total. The van der Waals surface area contributed by atoms with Crippen molar-refractivity contribution in [2.45, 2.75) is 63.6 Å². The zero-order chi connectivity index (χ0) is 40.0. The molecule has 3 aromatic carbocycles. The Morgan fingerprint density at radius 3 is 1.64 bits per heavy atom. The topological polar surface area (TPSA) is 147 Å². The van der Waals surface area contributed by atoms with Crippen LogP contribution >= 0.6 is 0 Å². The lowest BCUT2D eigenvalue weighted by Crippen LogP contribution is -2.49. The van der Waals surface area contributed by atoms with Crippen LogP contribution < -0.4 is 11.1 Å². The van der Waals surface area contributed by atoms with Gasteiger partial charge in [-0.2, -0.15) is 0 Å². The van der Waals surface area contributed by atoms with E-state index in [1.54, 1.807) is 29.2 Å². The average Bonchev–Trinajstić information content (AvgIpc) is 3.64. The molecule has 3 aromatic rings. The van der Waals surface area contributed by atoms with E-state index in [0.29, 0.717) is 38.0 Å². The number of hydrogen-bond acceptors (Lipinski definition) is 8. The van der Waals surface area contributed by atoms with Gasteiger partial charge in [-0.15, -0.1) is 0 Å². The number of nitrogens with zero attached hydrogens (tertiary/aromatic N) is 2. The number of amides is 2. The summed E-state index contributed by atoms with van der Waals surface area (Å²) in [5, 5.41) is 3.41. The first-order valence-electron chi connectivity index (χ1n) is 19.7. The molecule has 304 valence electrons. The van der Waals surface area contributed by atoms with E-state index in [-0.39, 0.29) is 58.5 Å². The quantitative estimate of drug-likeness (QED) is 0.325. The molecular formula is C42H54F2N4O6S2. The van der Waals surface area contributed by atoms with Gasteiger partial charge >= 0.3 is 0 Å². The number of nitrogens with two attached hydrogens (primary N) is 1. The predicted molar refractivity (Wildman–Crippen MR) is 213 cm³/mol. The largest absolute Gasteiger partial charge is 0.342 e. The van der Waals surface area contributed by atoms with Crippen molar-refractivity contribution in [2.75, 3.05) is 49.2 Å². The standard InChI is InChI=1S/C25H31FN2O3S.C17H23FN2O3S/c1-18(21-7-3-2-4-8-21)27-24-17-32(30,31)16-23(24)25(29)28-13-5-6-20(15-28)14-19-9-11-22(26)12-10-19;18-14-5-3-12(4-6-14)8-13-2-1-7-20(9-13)17(21)15-10-24(22,23)11-16(15)19/h2-4,7-12,18,20,23-24,27H,5-6,13-17H2,1H3;3-6,13,15-16H,1-2,7-11,19H2/t18-,20+,23-,24-;13-,15+,16+/m10/s1. The fourth-order valence-electron chi connectivity index (χ4n) is 8.78. The molecule has 4 heterocycles. The van der Waals surface area contributed by atoms with Crippen LogP contribution in [0.3, 0.4) is 0 Å². The number of hydrogen-bond donors (Lipinski definition) is 2. The highest BCUT2D eigenvalue weighted by Crippen LogP contribution is 2.29. The Morgan fingerprint density at radius 2 is 1.16 bits per heavy atom. The van der Waals surface area contributed by atoms with Crippen molar-refractivity contribution in [2.24, 2.45) is 29.4 Å². The number of carbonyl (C=O) groups is 2. The minimum absolute atomic E-state index is 0.00652. The fraction of sp³-hybridized carbons (Fsp3) is 0.524. The number of likely N-dealkylation sites (tertiary alicyclic amines) is 2. The van der Waals surface area contributed by atoms with Gasteiger partial charge in [0.15, 0.2) is 19.7 Å². The van der Waals surface area contributed by atoms with E-state index < -0.39 is 37.6 Å². The summed E-state index contributed by atoms with van der Waals surface area (Å²) in [4.78, 5) is 29.7. The maximum atomic E-state index is 13.4. The zero-order valence-electron chi connectivity index (χ0n) is 31.9. The van der Waals surface area contributed by atoms with E-state index in [0.717, 1.165) is 55.2 Å². The van der Waals surface area contributed by atoms with Crippen molar-refractivity contribution in [3.8, 4) is 0 Å². The van der Waals surface area contributed by atoms with Gasteiger partial charge in [0.05, 0.1) is 34.8 Å². The summed E-state index contributed by atoms with van der Waals surface area (Å²) in [6.45, 7) is 4.55. The molecule has 0 saturated carbocycles. The molecule has 0 spiro atoms. The molecule has 0 aliphatic carbocycles. The van der Waals surface area contributed by atoms with Crippen LogP contribution in [-0.2, 0) is 42.1 Å². The van der Waals surface area contributed by atoms with Gasteiger partial charge in [-0.1, -0.05) is 54.6 Å². The Hall–Kier alpha value is -3.72. The van der Waals surface area contributed by atoms with E-state index in [9.17, 15) is 35.2 Å². The smallest absolute Gasteiger partial charge is 0.228 e. The summed E-state index contributed by atoms with van der Waals surface area (Å²) in [5.74, 6) is -1.60. The molecule has 4 fully saturated rings. The van der Waals surface area contributed by atoms with E-state index >= 15 is 0 Å². The van der Waals surface area contributed by atoms with Gasteiger partial charge in [0, 0.05) is 44.3 Å². The lowest BCUT2D eigenvalue weighted by atomic mass is 9.90. The van der Waals surface area contributed by atoms with Crippen molar-refractivity contribution in [1.82, 2.24) is 15.1 Å². The summed E-state index contributed by atoms with van der Waals surface area (Å²) in [6, 6.07) is 21.8. The van der Waals surface area contributed by atoms with Crippen molar-refractivity contribution in [3.63, 3.8) is 0 Å². The highest BCUT2D eigenvalue weighted by atomic mass is 32.2. The third kappa shape index (κ3) is 11.2. The van der Waals surface area contributed by atoms with E-state index in [4.69, 9.17) is 5.73 Å². The second-order valence-electron chi connectivity index (χ2n) is 16.2. The Morgan fingerprint density at radius 1 is 0.696 bits per heavy atom. The normalized spacial score (nSPS) is 27.6. The van der Waals surface area contributed by atoms with Crippen LogP contribution in [0.15, 0.2) is 78.9 Å². The Labute approximate surface area is 330 Å². The second-order valence-corrected chi connectivity index (χ2v) is 20.5. The van der Waals surface area contributed by atoms with E-state index in [1.807, 2.05) is 42.2 Å². The van der Waals surface area contributed by atoms with Gasteiger partial charge in [-0.3, -0.25) is 9.59 Å². The fourth-order valence-corrected chi connectivity index (χ4v) is 12.6. The predicted octanol–water partition coefficient (Wildman–Crippen LogP) is 4.35. The number of halogens is 2. The number of sulfone groups is 2. The maximum Gasteiger partial charge on any atom is 0.228 e. The second kappa shape index (κ2) is 18.3. The van der Waals surface area contributed by atoms with Crippen LogP contribution in [0.4, 0.5) is 8.78 Å². The van der Waals surface area contributed by atoms with E-state index in [1.165, 1.54) is 24.3 Å². The van der Waals surface area contributed by atoms with Crippen LogP contribution in [0, 0.1) is 35.3 Å². The maximum absolute atomic E-state index is 13.4. The molecule has 0 radical (unpaired) electrons. The van der Waals surface area contributed by atoms with Crippen molar-refractivity contribution < 1.29 is 35.2 Å². The summed E-state index contributed by atoms with van der Waals surface area (Å²) < 4.78 is 74.5. The Kier molecular flexibility index (Phi) is 13.7. The number of rotatable bonds is 9. The first-order chi connectivity index (χ1) is 26.6. The van der Waals surface area contributed by atoms with Gasteiger partial charge in [0.25, 0.3) is 0 Å². The van der Waals surface area contributed by atoms with Crippen LogP contribution in [0.25, 0.3) is 0 Å². The molecule has 7 rings (SSSR count). The Bertz CT molecular complexity index is 2020. The number of nitrogens with one attached hydrogen (secondary N) is 1. The molecule has 4 saturated heterocycles. The monoisotopic (exact) mass is 812 g/mol. The van der Waals surface area contributed by atoms with Crippen molar-refractivity contribution in [1.29, 1.82) is 0 Å². The summed E-state index contributed by atoms with van der Waals surface area (Å²) in [6.07, 6.45) is 5.40. The van der Waals surface area contributed by atoms with Crippen LogP contribution in [-0.4, -0.2) is 99.7 Å². The zero-order valence-corrected chi connectivity index (χ0v) is 33.6. The van der Waals surface area contributed by atoms with Crippen LogP contribution in [0.1, 0.15) is 55.3 Å². The summed E-state index contributed by atoms with van der Waals surface area (Å²) in [7, 11) is -6.47. The lowest BCUT2D eigenvalue weighted by molar-refractivity contribution is -0.137. The number of piperidine rings is 2. The molecule has 4 aliphatic rings. The number of carbonyl (C=O) groups excluding carboxylic acids is 2. The molecule has 0 unspecified atom stereocenters. The van der Waals surface area contributed by atoms with Gasteiger partial charge in [-0.25, -0.2) is 25.6 Å². The first kappa shape index (κ1) is 41.9. The van der Waals surface area contributed by atoms with Gasteiger partial charge in [0.1, 0.15) is 11.6 Å². The first-order valence-corrected chi connectivity index (χ1v) is 23.3. The highest BCUT2D eigenvalue weighted by Gasteiger charge is 2.45. The third-order valence-electron chi connectivity index (χ3n) is 11.7. The van der Waals surface area contributed by atoms with Gasteiger partial charge in [0.2, 0.25) is 11.8 Å². The van der Waals surface area contributed by atoms with Crippen molar-refractivity contribution >= 4 is 31.5 Å². The molecule has 0 bridgehead atoms. The molecule has 14 heteroatoms. The average molecular weight is 813 g/mol. The molecule has 7 atom stereocenters. The minimum atomic E-state index is -3.27. The Balaban J connectivity index is 0.000000198. The van der Waals surface area contributed by atoms with Crippen LogP contribution in [0.2, 0.25) is 0 Å². The van der Waals surface area contributed by atoms with Crippen LogP contribution in [0.5, 0.6) is 0 Å². The molecule has 2 amide bonds. The molecular weight excluding hydrogens is 759 g/mol. The number of benzene rings is 3. The highest BCUT2D eigenvalue weighted by molar-refractivity contribution is 7.92. The van der Waals surface area contributed by atoms with Gasteiger partial charge < -0.3 is 20.9 Å². The molecule has 56 heavy (non-hydrogen) atoms. The molecule has 0 aromatic heterocycles.